The fraction of sp³-hybridized carbons (Fsp3) is 0.409. The van der Waals surface area contributed by atoms with Gasteiger partial charge in [-0.25, -0.2) is 9.78 Å². The van der Waals surface area contributed by atoms with Crippen LogP contribution in [0.1, 0.15) is 37.9 Å². The number of carbonyl (C=O) groups is 2. The van der Waals surface area contributed by atoms with Crippen LogP contribution in [0.4, 0.5) is 4.79 Å². The Bertz CT molecular complexity index is 1120. The number of hydrogen-bond acceptors (Lipinski definition) is 7. The molecule has 1 aliphatic heterocycles. The van der Waals surface area contributed by atoms with E-state index in [4.69, 9.17) is 9.15 Å². The van der Waals surface area contributed by atoms with Crippen molar-refractivity contribution >= 4 is 27.9 Å². The summed E-state index contributed by atoms with van der Waals surface area (Å²) in [6.07, 6.45) is 4.93. The minimum atomic E-state index is -0.628. The summed E-state index contributed by atoms with van der Waals surface area (Å²) >= 11 is 3.42. The van der Waals surface area contributed by atoms with Crippen molar-refractivity contribution in [2.24, 2.45) is 0 Å². The fourth-order valence-corrected chi connectivity index (χ4v) is 4.09. The molecule has 0 aliphatic carbocycles. The maximum atomic E-state index is 12.8. The molecule has 1 unspecified atom stereocenters. The molecule has 0 radical (unpaired) electrons. The van der Waals surface area contributed by atoms with E-state index in [1.807, 2.05) is 45.0 Å². The third-order valence-electron chi connectivity index (χ3n) is 5.06. The first kappa shape index (κ1) is 23.0. The Balaban J connectivity index is 1.45. The molecule has 3 aromatic rings. The molecule has 2 atom stereocenters. The summed E-state index contributed by atoms with van der Waals surface area (Å²) in [6.45, 7) is 6.20. The zero-order valence-corrected chi connectivity index (χ0v) is 20.2. The van der Waals surface area contributed by atoms with Gasteiger partial charge in [-0.15, -0.1) is 5.10 Å². The molecule has 0 spiro atoms. The summed E-state index contributed by atoms with van der Waals surface area (Å²) in [5, 5.41) is 10.7. The maximum Gasteiger partial charge on any atom is 0.410 e. The van der Waals surface area contributed by atoms with E-state index in [0.717, 1.165) is 10.0 Å². The molecule has 4 rings (SSSR count). The van der Waals surface area contributed by atoms with E-state index >= 15 is 0 Å². The first-order chi connectivity index (χ1) is 15.7. The standard InChI is InChI=1S/C22H25BrN6O4/c1-22(2,3)33-21(31)29-12-16(10-17(29)13-28-8-7-25-27-28)26-19(30)20-24-11-18(32-20)14-5-4-6-15(23)9-14/h4-9,11,16-17H,10,12-13H2,1-3H3,(H,26,30)/t16?,17-/m1/s1. The first-order valence-corrected chi connectivity index (χ1v) is 11.3. The van der Waals surface area contributed by atoms with Crippen LogP contribution in [0.5, 0.6) is 0 Å². The third-order valence-corrected chi connectivity index (χ3v) is 5.55. The second kappa shape index (κ2) is 9.34. The Morgan fingerprint density at radius 2 is 2.15 bits per heavy atom. The molecule has 2 aromatic heterocycles. The van der Waals surface area contributed by atoms with Crippen LogP contribution in [-0.4, -0.2) is 61.1 Å². The van der Waals surface area contributed by atoms with Crippen molar-refractivity contribution in [3.8, 4) is 11.3 Å². The summed E-state index contributed by atoms with van der Waals surface area (Å²) in [7, 11) is 0. The zero-order valence-electron chi connectivity index (χ0n) is 18.6. The number of benzene rings is 1. The Morgan fingerprint density at radius 3 is 2.85 bits per heavy atom. The van der Waals surface area contributed by atoms with Gasteiger partial charge in [-0.05, 0) is 39.3 Å². The number of nitrogens with zero attached hydrogens (tertiary/aromatic N) is 5. The second-order valence-corrected chi connectivity index (χ2v) is 9.77. The Labute approximate surface area is 199 Å². The van der Waals surface area contributed by atoms with Crippen molar-refractivity contribution in [1.82, 2.24) is 30.2 Å². The van der Waals surface area contributed by atoms with Gasteiger partial charge >= 0.3 is 12.0 Å². The number of rotatable bonds is 5. The Kier molecular flexibility index (Phi) is 6.50. The van der Waals surface area contributed by atoms with Crippen molar-refractivity contribution in [3.05, 3.63) is 53.2 Å². The molecule has 3 heterocycles. The summed E-state index contributed by atoms with van der Waals surface area (Å²) in [4.78, 5) is 31.4. The highest BCUT2D eigenvalue weighted by atomic mass is 79.9. The monoisotopic (exact) mass is 516 g/mol. The van der Waals surface area contributed by atoms with E-state index < -0.39 is 17.6 Å². The number of ether oxygens (including phenoxy) is 1. The number of carbonyl (C=O) groups excluding carboxylic acids is 2. The highest BCUT2D eigenvalue weighted by molar-refractivity contribution is 9.10. The molecule has 1 saturated heterocycles. The van der Waals surface area contributed by atoms with Crippen LogP contribution in [0.3, 0.4) is 0 Å². The lowest BCUT2D eigenvalue weighted by Crippen LogP contribution is -2.43. The molecule has 1 fully saturated rings. The van der Waals surface area contributed by atoms with Gasteiger partial charge in [0.1, 0.15) is 5.60 Å². The number of halogens is 1. The minimum absolute atomic E-state index is 0.0338. The molecular weight excluding hydrogens is 492 g/mol. The molecular formula is C22H25BrN6O4. The Hall–Kier alpha value is -3.21. The van der Waals surface area contributed by atoms with E-state index in [9.17, 15) is 9.59 Å². The van der Waals surface area contributed by atoms with Crippen LogP contribution in [-0.2, 0) is 11.3 Å². The normalized spacial score (nSPS) is 18.4. The van der Waals surface area contributed by atoms with E-state index in [-0.39, 0.29) is 18.0 Å². The highest BCUT2D eigenvalue weighted by Crippen LogP contribution is 2.25. The predicted octanol–water partition coefficient (Wildman–Crippen LogP) is 3.50. The number of oxazole rings is 1. The fourth-order valence-electron chi connectivity index (χ4n) is 3.69. The van der Waals surface area contributed by atoms with Gasteiger partial charge in [0.25, 0.3) is 5.89 Å². The lowest BCUT2D eigenvalue weighted by molar-refractivity contribution is 0.0207. The lowest BCUT2D eigenvalue weighted by atomic mass is 10.1. The highest BCUT2D eigenvalue weighted by Gasteiger charge is 2.39. The summed E-state index contributed by atoms with van der Waals surface area (Å²) < 4.78 is 13.8. The van der Waals surface area contributed by atoms with Crippen molar-refractivity contribution < 1.29 is 18.7 Å². The van der Waals surface area contributed by atoms with Crippen LogP contribution < -0.4 is 5.32 Å². The molecule has 1 N–H and O–H groups in total. The smallest absolute Gasteiger partial charge is 0.410 e. The molecule has 10 nitrogen and oxygen atoms in total. The van der Waals surface area contributed by atoms with E-state index in [1.165, 1.54) is 6.20 Å². The second-order valence-electron chi connectivity index (χ2n) is 8.86. The van der Waals surface area contributed by atoms with Crippen LogP contribution in [0.2, 0.25) is 0 Å². The van der Waals surface area contributed by atoms with Gasteiger partial charge in [-0.3, -0.25) is 9.48 Å². The molecule has 1 aliphatic rings. The van der Waals surface area contributed by atoms with Gasteiger partial charge in [0, 0.05) is 28.8 Å². The van der Waals surface area contributed by atoms with Crippen molar-refractivity contribution in [1.29, 1.82) is 0 Å². The van der Waals surface area contributed by atoms with Crippen LogP contribution in [0.15, 0.2) is 51.7 Å². The average Bonchev–Trinajstić information content (AvgIpc) is 3.48. The largest absolute Gasteiger partial charge is 0.444 e. The van der Waals surface area contributed by atoms with Gasteiger partial charge < -0.3 is 19.4 Å². The van der Waals surface area contributed by atoms with E-state index in [0.29, 0.717) is 25.3 Å². The van der Waals surface area contributed by atoms with Crippen LogP contribution >= 0.6 is 15.9 Å². The molecule has 174 valence electrons. The van der Waals surface area contributed by atoms with Gasteiger partial charge in [0.15, 0.2) is 5.76 Å². The van der Waals surface area contributed by atoms with E-state index in [1.54, 1.807) is 22.0 Å². The predicted molar refractivity (Wildman–Crippen MR) is 122 cm³/mol. The van der Waals surface area contributed by atoms with Crippen molar-refractivity contribution in [3.63, 3.8) is 0 Å². The number of hydrogen-bond donors (Lipinski definition) is 1. The maximum absolute atomic E-state index is 12.8. The quantitative estimate of drug-likeness (QED) is 0.551. The number of aromatic nitrogens is 4. The minimum Gasteiger partial charge on any atom is -0.444 e. The van der Waals surface area contributed by atoms with Crippen LogP contribution in [0.25, 0.3) is 11.3 Å². The molecule has 0 bridgehead atoms. The van der Waals surface area contributed by atoms with Crippen molar-refractivity contribution in [2.75, 3.05) is 6.54 Å². The third kappa shape index (κ3) is 5.78. The molecule has 0 saturated carbocycles. The number of nitrogens with one attached hydrogen (secondary N) is 1. The number of likely N-dealkylation sites (tertiary alicyclic amines) is 1. The van der Waals surface area contributed by atoms with Gasteiger partial charge in [0.2, 0.25) is 0 Å². The van der Waals surface area contributed by atoms with Crippen LogP contribution in [0, 0.1) is 0 Å². The molecule has 1 aromatic carbocycles. The first-order valence-electron chi connectivity index (χ1n) is 10.5. The summed E-state index contributed by atoms with van der Waals surface area (Å²) in [6, 6.07) is 7.03. The zero-order chi connectivity index (χ0) is 23.6. The van der Waals surface area contributed by atoms with Gasteiger partial charge in [-0.1, -0.05) is 33.3 Å². The topological polar surface area (TPSA) is 115 Å². The van der Waals surface area contributed by atoms with E-state index in [2.05, 4.69) is 36.5 Å². The SMILES string of the molecule is CC(C)(C)OC(=O)N1CC(NC(=O)c2ncc(-c3cccc(Br)c3)o2)C[C@@H]1Cn1ccnn1. The number of amides is 2. The average molecular weight is 517 g/mol. The molecule has 33 heavy (non-hydrogen) atoms. The molecule has 2 amide bonds. The molecule has 11 heteroatoms. The Morgan fingerprint density at radius 1 is 1.33 bits per heavy atom. The van der Waals surface area contributed by atoms with Crippen molar-refractivity contribution in [2.45, 2.75) is 51.4 Å². The lowest BCUT2D eigenvalue weighted by Gasteiger charge is -2.28. The summed E-state index contributed by atoms with van der Waals surface area (Å²) in [5.74, 6) is 0.0209. The van der Waals surface area contributed by atoms with Gasteiger partial charge in [-0.2, -0.15) is 0 Å². The summed E-state index contributed by atoms with van der Waals surface area (Å²) in [5.41, 5.74) is 0.178. The van der Waals surface area contributed by atoms with Gasteiger partial charge in [0.05, 0.1) is 25.0 Å².